The molecule has 0 aliphatic carbocycles. The Labute approximate surface area is 192 Å². The number of aromatic nitrogens is 1. The average Bonchev–Trinajstić information content (AvgIpc) is 3.43. The number of hydrogen-bond donors (Lipinski definition) is 3. The largest absolute Gasteiger partial charge is 0.481 e. The Morgan fingerprint density at radius 2 is 2.18 bits per heavy atom. The predicted octanol–water partition coefficient (Wildman–Crippen LogP) is 2.98. The zero-order valence-corrected chi connectivity index (χ0v) is 18.5. The summed E-state index contributed by atoms with van der Waals surface area (Å²) in [5.74, 6) is -0.966. The maximum Gasteiger partial charge on any atom is 0.320 e. The van der Waals surface area contributed by atoms with Gasteiger partial charge >= 0.3 is 12.0 Å². The average molecular weight is 452 g/mol. The molecule has 33 heavy (non-hydrogen) atoms. The molecule has 2 aromatic heterocycles. The highest BCUT2D eigenvalue weighted by Crippen LogP contribution is 2.29. The number of carboxylic acid groups (broad SMARTS) is 1. The van der Waals surface area contributed by atoms with Gasteiger partial charge in [0.2, 0.25) is 5.71 Å². The highest BCUT2D eigenvalue weighted by atomic mass is 16.4. The number of furan rings is 1. The van der Waals surface area contributed by atoms with Gasteiger partial charge in [-0.05, 0) is 62.1 Å². The number of carboxylic acids is 1. The third-order valence-corrected chi connectivity index (χ3v) is 6.62. The molecule has 5 rings (SSSR count). The minimum atomic E-state index is -0.966. The molecule has 5 heterocycles. The van der Waals surface area contributed by atoms with E-state index in [0.717, 1.165) is 31.2 Å². The summed E-state index contributed by atoms with van der Waals surface area (Å²) in [6.45, 7) is 2.72. The van der Waals surface area contributed by atoms with Crippen molar-refractivity contribution in [3.05, 3.63) is 53.6 Å². The van der Waals surface area contributed by atoms with Gasteiger partial charge in [0.1, 0.15) is 0 Å². The van der Waals surface area contributed by atoms with Crippen molar-refractivity contribution in [1.82, 2.24) is 25.4 Å². The van der Waals surface area contributed by atoms with Gasteiger partial charge in [0.25, 0.3) is 0 Å². The van der Waals surface area contributed by atoms with E-state index in [4.69, 9.17) is 4.42 Å². The van der Waals surface area contributed by atoms with E-state index in [1.54, 1.807) is 23.3 Å². The minimum absolute atomic E-state index is 0.135. The van der Waals surface area contributed by atoms with Crippen LogP contribution in [-0.2, 0) is 4.79 Å². The summed E-state index contributed by atoms with van der Waals surface area (Å²) in [4.78, 5) is 32.6. The number of pyridine rings is 1. The summed E-state index contributed by atoms with van der Waals surface area (Å²) < 4.78 is 5.38. The fourth-order valence-electron chi connectivity index (χ4n) is 4.88. The van der Waals surface area contributed by atoms with Gasteiger partial charge in [0.15, 0.2) is 0 Å². The van der Waals surface area contributed by atoms with E-state index in [2.05, 4.69) is 27.8 Å². The van der Waals surface area contributed by atoms with Gasteiger partial charge in [-0.3, -0.25) is 10.1 Å². The molecule has 9 nitrogen and oxygen atoms in total. The molecule has 0 bridgehead atoms. The molecule has 3 N–H and O–H groups in total. The second-order valence-electron chi connectivity index (χ2n) is 8.80. The molecule has 9 heteroatoms. The minimum Gasteiger partial charge on any atom is -0.481 e. The molecule has 0 saturated carbocycles. The van der Waals surface area contributed by atoms with Crippen molar-refractivity contribution >= 4 is 23.1 Å². The highest BCUT2D eigenvalue weighted by molar-refractivity contribution is 5.79. The first-order chi connectivity index (χ1) is 16.1. The SMILES string of the molecule is O=C(O)C[C@H](c1ccc2ccoc2n1)N1CCN(CCCC2=CC=C3CCCNC3N2)C1=O. The molecule has 2 amide bonds. The maximum atomic E-state index is 13.1. The van der Waals surface area contributed by atoms with Gasteiger partial charge in [-0.15, -0.1) is 0 Å². The summed E-state index contributed by atoms with van der Waals surface area (Å²) in [5, 5.41) is 17.4. The molecule has 3 aliphatic heterocycles. The molecule has 2 aromatic rings. The van der Waals surface area contributed by atoms with E-state index in [9.17, 15) is 14.7 Å². The summed E-state index contributed by atoms with van der Waals surface area (Å²) in [7, 11) is 0. The lowest BCUT2D eigenvalue weighted by atomic mass is 9.99. The lowest BCUT2D eigenvalue weighted by Crippen LogP contribution is -2.47. The normalized spacial score (nSPS) is 21.5. The number of allylic oxidation sites excluding steroid dienone is 3. The number of amides is 2. The number of nitrogens with zero attached hydrogens (tertiary/aromatic N) is 3. The van der Waals surface area contributed by atoms with Crippen LogP contribution in [0.5, 0.6) is 0 Å². The fourth-order valence-corrected chi connectivity index (χ4v) is 4.88. The molecule has 3 aliphatic rings. The van der Waals surface area contributed by atoms with Crippen LogP contribution in [0.4, 0.5) is 4.79 Å². The van der Waals surface area contributed by atoms with Crippen molar-refractivity contribution in [3.63, 3.8) is 0 Å². The van der Waals surface area contributed by atoms with E-state index in [1.165, 1.54) is 17.7 Å². The van der Waals surface area contributed by atoms with Crippen molar-refractivity contribution in [2.45, 2.75) is 44.3 Å². The van der Waals surface area contributed by atoms with E-state index in [-0.39, 0.29) is 18.6 Å². The van der Waals surface area contributed by atoms with Crippen molar-refractivity contribution in [3.8, 4) is 0 Å². The smallest absolute Gasteiger partial charge is 0.320 e. The van der Waals surface area contributed by atoms with Crippen LogP contribution in [0.3, 0.4) is 0 Å². The van der Waals surface area contributed by atoms with Gasteiger partial charge in [-0.25, -0.2) is 9.78 Å². The zero-order chi connectivity index (χ0) is 22.8. The van der Waals surface area contributed by atoms with E-state index in [1.807, 2.05) is 11.0 Å². The number of carbonyl (C=O) groups excluding carboxylic acids is 1. The molecule has 0 aromatic carbocycles. The molecule has 2 fully saturated rings. The molecule has 2 saturated heterocycles. The number of nitrogens with one attached hydrogen (secondary N) is 2. The van der Waals surface area contributed by atoms with Crippen LogP contribution in [0.2, 0.25) is 0 Å². The predicted molar refractivity (Wildman–Crippen MR) is 122 cm³/mol. The molecule has 0 spiro atoms. The Kier molecular flexibility index (Phi) is 6.04. The topological polar surface area (TPSA) is 111 Å². The zero-order valence-electron chi connectivity index (χ0n) is 18.5. The van der Waals surface area contributed by atoms with E-state index < -0.39 is 12.0 Å². The van der Waals surface area contributed by atoms with Crippen LogP contribution < -0.4 is 10.6 Å². The first-order valence-corrected chi connectivity index (χ1v) is 11.6. The van der Waals surface area contributed by atoms with E-state index in [0.29, 0.717) is 31.0 Å². The molecule has 0 radical (unpaired) electrons. The van der Waals surface area contributed by atoms with Crippen LogP contribution in [-0.4, -0.2) is 64.2 Å². The number of urea groups is 1. The molecule has 2 atom stereocenters. The van der Waals surface area contributed by atoms with Crippen LogP contribution in [0, 0.1) is 0 Å². The standard InChI is InChI=1S/C24H29N5O4/c30-21(31)15-20(19-8-6-17-9-14-33-23(17)27-19)29-13-12-28(24(29)32)11-2-4-18-7-5-16-3-1-10-25-22(16)26-18/h5-9,14,20,22,25-26H,1-4,10-13,15H2,(H,30,31)/t20-,22?/m1/s1. The number of piperidine rings is 1. The van der Waals surface area contributed by atoms with Gasteiger partial charge in [-0.1, -0.05) is 6.08 Å². The van der Waals surface area contributed by atoms with Crippen molar-refractivity contribution in [2.24, 2.45) is 0 Å². The molecular weight excluding hydrogens is 422 g/mol. The van der Waals surface area contributed by atoms with Crippen LogP contribution in [0.1, 0.15) is 43.8 Å². The first-order valence-electron chi connectivity index (χ1n) is 11.6. The monoisotopic (exact) mass is 451 g/mol. The number of aliphatic carboxylic acids is 1. The molecule has 174 valence electrons. The number of hydrogen-bond acceptors (Lipinski definition) is 6. The summed E-state index contributed by atoms with van der Waals surface area (Å²) >= 11 is 0. The van der Waals surface area contributed by atoms with Crippen molar-refractivity contribution in [2.75, 3.05) is 26.2 Å². The van der Waals surface area contributed by atoms with Crippen LogP contribution in [0.15, 0.2) is 52.3 Å². The second-order valence-corrected chi connectivity index (χ2v) is 8.80. The Balaban J connectivity index is 1.21. The number of fused-ring (bicyclic) bond motifs is 2. The number of rotatable bonds is 8. The quantitative estimate of drug-likeness (QED) is 0.566. The number of dihydropyridines is 1. The van der Waals surface area contributed by atoms with Crippen molar-refractivity contribution < 1.29 is 19.1 Å². The third-order valence-electron chi connectivity index (χ3n) is 6.62. The van der Waals surface area contributed by atoms with Crippen molar-refractivity contribution in [1.29, 1.82) is 0 Å². The van der Waals surface area contributed by atoms with Gasteiger partial charge in [0, 0.05) is 30.7 Å². The summed E-state index contributed by atoms with van der Waals surface area (Å²) in [5.41, 5.74) is 3.57. The first kappa shape index (κ1) is 21.5. The Morgan fingerprint density at radius 3 is 3.06 bits per heavy atom. The Morgan fingerprint density at radius 1 is 1.27 bits per heavy atom. The Bertz CT molecular complexity index is 1110. The van der Waals surface area contributed by atoms with Gasteiger partial charge in [-0.2, -0.15) is 0 Å². The summed E-state index contributed by atoms with van der Waals surface area (Å²) in [6, 6.07) is 4.67. The highest BCUT2D eigenvalue weighted by Gasteiger charge is 2.36. The molecule has 1 unspecified atom stereocenters. The number of carbonyl (C=O) groups is 2. The van der Waals surface area contributed by atoms with Crippen LogP contribution in [0.25, 0.3) is 11.1 Å². The molecular formula is C24H29N5O4. The lowest BCUT2D eigenvalue weighted by Gasteiger charge is -2.32. The lowest BCUT2D eigenvalue weighted by molar-refractivity contribution is -0.138. The van der Waals surface area contributed by atoms with E-state index >= 15 is 0 Å². The van der Waals surface area contributed by atoms with Crippen LogP contribution >= 0.6 is 0 Å². The third kappa shape index (κ3) is 4.59. The Hall–Kier alpha value is -3.33. The van der Waals surface area contributed by atoms with Gasteiger partial charge in [0.05, 0.1) is 30.6 Å². The fraction of sp³-hybridized carbons (Fsp3) is 0.458. The second kappa shape index (κ2) is 9.27. The maximum absolute atomic E-state index is 13.1. The summed E-state index contributed by atoms with van der Waals surface area (Å²) in [6.07, 6.45) is 9.96. The van der Waals surface area contributed by atoms with Gasteiger partial charge < -0.3 is 24.6 Å².